The number of esters is 2. The Morgan fingerprint density at radius 2 is 1.84 bits per heavy atom. The molecule has 0 spiro atoms. The van der Waals surface area contributed by atoms with Gasteiger partial charge >= 0.3 is 11.9 Å². The highest BCUT2D eigenvalue weighted by Gasteiger charge is 2.40. The fourth-order valence-corrected chi connectivity index (χ4v) is 5.68. The van der Waals surface area contributed by atoms with Gasteiger partial charge in [0, 0.05) is 6.54 Å². The molecular weight excluding hydrogens is 422 g/mol. The molecule has 9 nitrogen and oxygen atoms in total. The van der Waals surface area contributed by atoms with E-state index in [2.05, 4.69) is 9.97 Å². The molecule has 2 aromatic carbocycles. The SMILES string of the molecule is COC(=O)c1ccc(C(=O)OC)c(S(=O)(=O)N2CCCC2c2nc3ccccc3[nH]2)c1. The van der Waals surface area contributed by atoms with Crippen molar-refractivity contribution in [2.24, 2.45) is 0 Å². The van der Waals surface area contributed by atoms with Crippen molar-refractivity contribution in [2.75, 3.05) is 20.8 Å². The Balaban J connectivity index is 1.80. The summed E-state index contributed by atoms with van der Waals surface area (Å²) in [6, 6.07) is 10.7. The van der Waals surface area contributed by atoms with E-state index in [1.54, 1.807) is 0 Å². The zero-order chi connectivity index (χ0) is 22.2. The lowest BCUT2D eigenvalue weighted by molar-refractivity contribution is 0.0583. The van der Waals surface area contributed by atoms with Gasteiger partial charge < -0.3 is 14.5 Å². The zero-order valence-corrected chi connectivity index (χ0v) is 17.8. The molecule has 0 radical (unpaired) electrons. The Morgan fingerprint density at radius 3 is 2.55 bits per heavy atom. The minimum Gasteiger partial charge on any atom is -0.465 e. The lowest BCUT2D eigenvalue weighted by Crippen LogP contribution is -2.32. The standard InChI is InChI=1S/C21H21N3O6S/c1-29-20(25)13-9-10-14(21(26)30-2)18(12-13)31(27,28)24-11-5-8-17(24)19-22-15-6-3-4-7-16(15)23-19/h3-4,6-7,9-10,12,17H,5,8,11H2,1-2H3,(H,22,23). The second-order valence-corrected chi connectivity index (χ2v) is 8.97. The van der Waals surface area contributed by atoms with E-state index < -0.39 is 28.0 Å². The van der Waals surface area contributed by atoms with E-state index in [4.69, 9.17) is 9.47 Å². The smallest absolute Gasteiger partial charge is 0.339 e. The van der Waals surface area contributed by atoms with E-state index in [1.807, 2.05) is 24.3 Å². The summed E-state index contributed by atoms with van der Waals surface area (Å²) in [5.41, 5.74) is 1.42. The molecule has 0 saturated carbocycles. The number of nitrogens with one attached hydrogen (secondary N) is 1. The van der Waals surface area contributed by atoms with E-state index in [1.165, 1.54) is 30.7 Å². The molecule has 31 heavy (non-hydrogen) atoms. The van der Waals surface area contributed by atoms with Gasteiger partial charge in [0.15, 0.2) is 0 Å². The van der Waals surface area contributed by atoms with Gasteiger partial charge in [0.05, 0.1) is 47.3 Å². The number of methoxy groups -OCH3 is 2. The normalized spacial score (nSPS) is 17.0. The molecule has 1 atom stereocenters. The fraction of sp³-hybridized carbons (Fsp3) is 0.286. The number of para-hydroxylation sites is 2. The average Bonchev–Trinajstić information content (AvgIpc) is 3.44. The molecule has 1 fully saturated rings. The van der Waals surface area contributed by atoms with Crippen molar-refractivity contribution in [2.45, 2.75) is 23.8 Å². The van der Waals surface area contributed by atoms with Crippen LogP contribution in [0.1, 0.15) is 45.4 Å². The second kappa shape index (κ2) is 8.12. The number of aromatic amines is 1. The van der Waals surface area contributed by atoms with E-state index in [0.29, 0.717) is 18.7 Å². The first-order chi connectivity index (χ1) is 14.9. The van der Waals surface area contributed by atoms with Crippen LogP contribution in [-0.2, 0) is 19.5 Å². The van der Waals surface area contributed by atoms with Crippen LogP contribution < -0.4 is 0 Å². The second-order valence-electron chi connectivity index (χ2n) is 7.11. The van der Waals surface area contributed by atoms with Crippen LogP contribution in [0.25, 0.3) is 11.0 Å². The summed E-state index contributed by atoms with van der Waals surface area (Å²) in [6.07, 6.45) is 1.20. The third-order valence-electron chi connectivity index (χ3n) is 5.32. The topological polar surface area (TPSA) is 119 Å². The Bertz CT molecular complexity index is 1230. The van der Waals surface area contributed by atoms with Crippen LogP contribution in [0.15, 0.2) is 47.4 Å². The number of imidazole rings is 1. The van der Waals surface area contributed by atoms with E-state index in [9.17, 15) is 18.0 Å². The van der Waals surface area contributed by atoms with Gasteiger partial charge in [0.1, 0.15) is 5.82 Å². The molecule has 1 aromatic heterocycles. The Hall–Kier alpha value is -3.24. The minimum atomic E-state index is -4.16. The Morgan fingerprint density at radius 1 is 1.10 bits per heavy atom. The molecule has 4 rings (SSSR count). The first-order valence-electron chi connectivity index (χ1n) is 9.64. The highest BCUT2D eigenvalue weighted by atomic mass is 32.2. The lowest BCUT2D eigenvalue weighted by atomic mass is 10.1. The number of nitrogens with zero attached hydrogens (tertiary/aromatic N) is 2. The number of sulfonamides is 1. The number of ether oxygens (including phenoxy) is 2. The predicted molar refractivity (Wildman–Crippen MR) is 111 cm³/mol. The van der Waals surface area contributed by atoms with Gasteiger partial charge in [-0.1, -0.05) is 12.1 Å². The van der Waals surface area contributed by atoms with Gasteiger partial charge in [0.25, 0.3) is 0 Å². The molecule has 1 N–H and O–H groups in total. The molecule has 3 aromatic rings. The summed E-state index contributed by atoms with van der Waals surface area (Å²) < 4.78 is 38.1. The molecule has 10 heteroatoms. The number of benzene rings is 2. The van der Waals surface area contributed by atoms with Crippen LogP contribution in [0, 0.1) is 0 Å². The van der Waals surface area contributed by atoms with Crippen LogP contribution in [0.2, 0.25) is 0 Å². The number of rotatable bonds is 5. The fourth-order valence-electron chi connectivity index (χ4n) is 3.82. The predicted octanol–water partition coefficient (Wildman–Crippen LogP) is 2.66. The third-order valence-corrected chi connectivity index (χ3v) is 7.27. The van der Waals surface area contributed by atoms with Gasteiger partial charge in [0.2, 0.25) is 10.0 Å². The van der Waals surface area contributed by atoms with E-state index in [-0.39, 0.29) is 22.6 Å². The van der Waals surface area contributed by atoms with Crippen LogP contribution in [-0.4, -0.2) is 55.4 Å². The maximum atomic E-state index is 13.7. The van der Waals surface area contributed by atoms with Gasteiger partial charge in [-0.05, 0) is 43.2 Å². The molecule has 1 aliphatic heterocycles. The molecule has 1 unspecified atom stereocenters. The number of carbonyl (C=O) groups excluding carboxylic acids is 2. The molecule has 1 aliphatic rings. The van der Waals surface area contributed by atoms with Crippen molar-refractivity contribution in [1.29, 1.82) is 0 Å². The van der Waals surface area contributed by atoms with Crippen molar-refractivity contribution in [1.82, 2.24) is 14.3 Å². The lowest BCUT2D eigenvalue weighted by Gasteiger charge is -2.24. The minimum absolute atomic E-state index is 0.0215. The summed E-state index contributed by atoms with van der Waals surface area (Å²) in [7, 11) is -1.79. The van der Waals surface area contributed by atoms with Gasteiger partial charge in [-0.3, -0.25) is 0 Å². The van der Waals surface area contributed by atoms with Crippen molar-refractivity contribution in [3.05, 3.63) is 59.4 Å². The number of hydrogen-bond acceptors (Lipinski definition) is 7. The van der Waals surface area contributed by atoms with Gasteiger partial charge in [-0.2, -0.15) is 4.31 Å². The third kappa shape index (κ3) is 3.68. The number of H-pyrrole nitrogens is 1. The maximum absolute atomic E-state index is 13.7. The molecule has 0 aliphatic carbocycles. The van der Waals surface area contributed by atoms with Crippen molar-refractivity contribution in [3.63, 3.8) is 0 Å². The monoisotopic (exact) mass is 443 g/mol. The molecule has 2 heterocycles. The Kier molecular flexibility index (Phi) is 5.50. The molecular formula is C21H21N3O6S. The van der Waals surface area contributed by atoms with Gasteiger partial charge in [-0.25, -0.2) is 23.0 Å². The van der Waals surface area contributed by atoms with Crippen molar-refractivity contribution < 1.29 is 27.5 Å². The Labute approximate surface area is 179 Å². The average molecular weight is 443 g/mol. The quantitative estimate of drug-likeness (QED) is 0.602. The largest absolute Gasteiger partial charge is 0.465 e. The summed E-state index contributed by atoms with van der Waals surface area (Å²) in [4.78, 5) is 31.7. The summed E-state index contributed by atoms with van der Waals surface area (Å²) in [5, 5.41) is 0. The van der Waals surface area contributed by atoms with Crippen molar-refractivity contribution >= 4 is 33.0 Å². The van der Waals surface area contributed by atoms with Crippen LogP contribution in [0.3, 0.4) is 0 Å². The zero-order valence-electron chi connectivity index (χ0n) is 17.0. The van der Waals surface area contributed by atoms with Gasteiger partial charge in [-0.15, -0.1) is 0 Å². The first-order valence-corrected chi connectivity index (χ1v) is 11.1. The number of fused-ring (bicyclic) bond motifs is 1. The van der Waals surface area contributed by atoms with E-state index in [0.717, 1.165) is 17.1 Å². The number of hydrogen-bond donors (Lipinski definition) is 1. The van der Waals surface area contributed by atoms with Crippen LogP contribution in [0.5, 0.6) is 0 Å². The summed E-state index contributed by atoms with van der Waals surface area (Å²) in [5.74, 6) is -0.983. The number of carbonyl (C=O) groups is 2. The van der Waals surface area contributed by atoms with Crippen LogP contribution in [0.4, 0.5) is 0 Å². The van der Waals surface area contributed by atoms with Crippen molar-refractivity contribution in [3.8, 4) is 0 Å². The highest BCUT2D eigenvalue weighted by molar-refractivity contribution is 7.89. The first kappa shape index (κ1) is 21.0. The van der Waals surface area contributed by atoms with E-state index >= 15 is 0 Å². The molecule has 0 amide bonds. The molecule has 0 bridgehead atoms. The maximum Gasteiger partial charge on any atom is 0.339 e. The summed E-state index contributed by atoms with van der Waals surface area (Å²) in [6.45, 7) is 0.257. The number of aromatic nitrogens is 2. The highest BCUT2D eigenvalue weighted by Crippen LogP contribution is 2.37. The summed E-state index contributed by atoms with van der Waals surface area (Å²) >= 11 is 0. The molecule has 1 saturated heterocycles. The molecule has 162 valence electrons. The van der Waals surface area contributed by atoms with Crippen LogP contribution >= 0.6 is 0 Å².